The summed E-state index contributed by atoms with van der Waals surface area (Å²) < 4.78 is 37.1. The van der Waals surface area contributed by atoms with E-state index in [1.807, 2.05) is 42.5 Å². The van der Waals surface area contributed by atoms with Crippen LogP contribution in [0.2, 0.25) is 0 Å². The fourth-order valence-corrected chi connectivity index (χ4v) is 3.73. The van der Waals surface area contributed by atoms with Gasteiger partial charge in [-0.1, -0.05) is 60.7 Å². The Morgan fingerprint density at radius 3 is 2.17 bits per heavy atom. The summed E-state index contributed by atoms with van der Waals surface area (Å²) in [5.74, 6) is -4.31. The Morgan fingerprint density at radius 2 is 1.50 bits per heavy atom. The number of carbonyl (C=O) groups is 4. The Bertz CT molecular complexity index is 1320. The summed E-state index contributed by atoms with van der Waals surface area (Å²) >= 11 is 0. The normalized spacial score (nSPS) is 11.6. The maximum atomic E-state index is 12.6. The molecule has 1 unspecified atom stereocenters. The zero-order valence-corrected chi connectivity index (χ0v) is 22.4. The number of unbranched alkanes of at least 4 members (excludes halogenated alkanes) is 1. The summed E-state index contributed by atoms with van der Waals surface area (Å²) in [5, 5.41) is 8.18. The molecule has 0 spiro atoms. The molecule has 3 rings (SSSR count). The fourth-order valence-electron chi connectivity index (χ4n) is 3.73. The SMILES string of the molecule is O=C(CCCCNc1ccccn1)NCC(=O)NC(CC(=O)OOC(=O)C(F)(F)F)c1ccc(-c2ccccc2)cc1. The van der Waals surface area contributed by atoms with Crippen LogP contribution in [0.1, 0.15) is 37.3 Å². The van der Waals surface area contributed by atoms with Gasteiger partial charge in [0.15, 0.2) is 0 Å². The Balaban J connectivity index is 1.52. The minimum atomic E-state index is -5.35. The molecule has 0 saturated carbocycles. The molecule has 0 aliphatic rings. The van der Waals surface area contributed by atoms with Crippen LogP contribution in [0.4, 0.5) is 19.0 Å². The lowest BCUT2D eigenvalue weighted by Gasteiger charge is -2.19. The third-order valence-corrected chi connectivity index (χ3v) is 5.82. The van der Waals surface area contributed by atoms with Gasteiger partial charge >= 0.3 is 18.1 Å². The van der Waals surface area contributed by atoms with Crippen molar-refractivity contribution < 1.29 is 42.1 Å². The van der Waals surface area contributed by atoms with Crippen LogP contribution in [0.15, 0.2) is 79.0 Å². The largest absolute Gasteiger partial charge is 0.495 e. The van der Waals surface area contributed by atoms with Gasteiger partial charge in [0.1, 0.15) is 5.82 Å². The van der Waals surface area contributed by atoms with Crippen LogP contribution in [0, 0.1) is 0 Å². The number of carbonyl (C=O) groups excluding carboxylic acids is 4. The van der Waals surface area contributed by atoms with Crippen LogP contribution in [0.5, 0.6) is 0 Å². The van der Waals surface area contributed by atoms with Gasteiger partial charge in [-0.2, -0.15) is 13.2 Å². The van der Waals surface area contributed by atoms with Crippen LogP contribution >= 0.6 is 0 Å². The van der Waals surface area contributed by atoms with Gasteiger partial charge in [-0.15, -0.1) is 0 Å². The van der Waals surface area contributed by atoms with Gasteiger partial charge < -0.3 is 16.0 Å². The molecule has 13 heteroatoms. The Hall–Kier alpha value is -4.94. The minimum Gasteiger partial charge on any atom is -0.370 e. The number of amides is 2. The molecule has 222 valence electrons. The summed E-state index contributed by atoms with van der Waals surface area (Å²) in [7, 11) is 0. The summed E-state index contributed by atoms with van der Waals surface area (Å²) in [5.41, 5.74) is 2.18. The van der Waals surface area contributed by atoms with Crippen molar-refractivity contribution in [3.8, 4) is 11.1 Å². The van der Waals surface area contributed by atoms with E-state index in [0.717, 1.165) is 16.9 Å². The predicted octanol–water partition coefficient (Wildman–Crippen LogP) is 4.26. The topological polar surface area (TPSA) is 136 Å². The molecule has 2 amide bonds. The molecule has 0 saturated heterocycles. The van der Waals surface area contributed by atoms with Crippen LogP contribution in [-0.4, -0.2) is 48.0 Å². The van der Waals surface area contributed by atoms with Crippen LogP contribution in [-0.2, 0) is 29.0 Å². The molecule has 2 aromatic carbocycles. The first kappa shape index (κ1) is 31.6. The molecule has 10 nitrogen and oxygen atoms in total. The molecule has 1 aromatic heterocycles. The monoisotopic (exact) mass is 586 g/mol. The average molecular weight is 587 g/mol. The first-order chi connectivity index (χ1) is 20.1. The zero-order valence-electron chi connectivity index (χ0n) is 22.4. The molecule has 42 heavy (non-hydrogen) atoms. The number of nitrogens with zero attached hydrogens (tertiary/aromatic N) is 1. The Labute approximate surface area is 239 Å². The average Bonchev–Trinajstić information content (AvgIpc) is 2.99. The molecule has 0 radical (unpaired) electrons. The van der Waals surface area contributed by atoms with Crippen molar-refractivity contribution in [1.82, 2.24) is 15.6 Å². The van der Waals surface area contributed by atoms with Crippen molar-refractivity contribution in [2.45, 2.75) is 37.9 Å². The predicted molar refractivity (Wildman–Crippen MR) is 145 cm³/mol. The minimum absolute atomic E-state index is 0.179. The zero-order chi connectivity index (χ0) is 30.4. The number of nitrogens with one attached hydrogen (secondary N) is 3. The fraction of sp³-hybridized carbons (Fsp3) is 0.276. The second-order valence-corrected chi connectivity index (χ2v) is 9.01. The summed E-state index contributed by atoms with van der Waals surface area (Å²) in [4.78, 5) is 59.5. The highest BCUT2D eigenvalue weighted by Crippen LogP contribution is 2.24. The number of alkyl halides is 3. The van der Waals surface area contributed by atoms with Crippen molar-refractivity contribution in [1.29, 1.82) is 0 Å². The molecule has 0 aliphatic carbocycles. The van der Waals surface area contributed by atoms with Crippen molar-refractivity contribution in [2.75, 3.05) is 18.4 Å². The number of hydrogen-bond donors (Lipinski definition) is 3. The molecule has 0 aliphatic heterocycles. The molecule has 0 fully saturated rings. The Kier molecular flexibility index (Phi) is 11.8. The lowest BCUT2D eigenvalue weighted by Crippen LogP contribution is -2.39. The van der Waals surface area contributed by atoms with Crippen molar-refractivity contribution in [2.24, 2.45) is 0 Å². The van der Waals surface area contributed by atoms with E-state index < -0.39 is 43.0 Å². The highest BCUT2D eigenvalue weighted by atomic mass is 19.4. The number of halogens is 3. The quantitative estimate of drug-likeness (QED) is 0.154. The first-order valence-corrected chi connectivity index (χ1v) is 13.0. The standard InChI is InChI=1S/C29H29F3N4O6/c30-29(31,32)28(40)42-41-27(39)18-23(22-14-12-21(13-15-22)20-8-2-1-3-9-20)36-26(38)19-35-25(37)11-5-7-17-34-24-10-4-6-16-33-24/h1-4,6,8-10,12-16,23H,5,7,11,17-19H2,(H,33,34)(H,35,37)(H,36,38). The van der Waals surface area contributed by atoms with E-state index in [1.165, 1.54) is 0 Å². The molecule has 3 aromatic rings. The van der Waals surface area contributed by atoms with Gasteiger partial charge in [-0.25, -0.2) is 24.3 Å². The van der Waals surface area contributed by atoms with E-state index in [-0.39, 0.29) is 12.3 Å². The van der Waals surface area contributed by atoms with E-state index in [0.29, 0.717) is 24.9 Å². The lowest BCUT2D eigenvalue weighted by atomic mass is 9.99. The molecular formula is C29H29F3N4O6. The van der Waals surface area contributed by atoms with E-state index in [4.69, 9.17) is 0 Å². The van der Waals surface area contributed by atoms with E-state index in [2.05, 4.69) is 30.7 Å². The van der Waals surface area contributed by atoms with Crippen molar-refractivity contribution in [3.63, 3.8) is 0 Å². The van der Waals surface area contributed by atoms with Crippen LogP contribution in [0.3, 0.4) is 0 Å². The first-order valence-electron chi connectivity index (χ1n) is 13.0. The molecule has 1 heterocycles. The number of pyridine rings is 1. The van der Waals surface area contributed by atoms with E-state index in [1.54, 1.807) is 36.5 Å². The van der Waals surface area contributed by atoms with Gasteiger partial charge in [0, 0.05) is 19.2 Å². The molecule has 1 atom stereocenters. The van der Waals surface area contributed by atoms with Gasteiger partial charge in [-0.3, -0.25) is 9.59 Å². The lowest BCUT2D eigenvalue weighted by molar-refractivity contribution is -0.286. The second-order valence-electron chi connectivity index (χ2n) is 9.01. The highest BCUT2D eigenvalue weighted by Gasteiger charge is 2.43. The van der Waals surface area contributed by atoms with Crippen molar-refractivity contribution in [3.05, 3.63) is 84.6 Å². The summed E-state index contributed by atoms with van der Waals surface area (Å²) in [6.45, 7) is 0.214. The Morgan fingerprint density at radius 1 is 0.810 bits per heavy atom. The molecular weight excluding hydrogens is 557 g/mol. The van der Waals surface area contributed by atoms with Gasteiger partial charge in [0.2, 0.25) is 11.8 Å². The van der Waals surface area contributed by atoms with Crippen molar-refractivity contribution >= 4 is 29.6 Å². The number of aromatic nitrogens is 1. The third-order valence-electron chi connectivity index (χ3n) is 5.82. The number of benzene rings is 2. The summed E-state index contributed by atoms with van der Waals surface area (Å²) in [6.07, 6.45) is -2.91. The highest BCUT2D eigenvalue weighted by molar-refractivity contribution is 5.85. The van der Waals surface area contributed by atoms with Gasteiger partial charge in [0.25, 0.3) is 0 Å². The molecule has 3 N–H and O–H groups in total. The second kappa shape index (κ2) is 15.7. The summed E-state index contributed by atoms with van der Waals surface area (Å²) in [6, 6.07) is 20.5. The van der Waals surface area contributed by atoms with E-state index >= 15 is 0 Å². The number of rotatable bonds is 13. The van der Waals surface area contributed by atoms with Gasteiger partial charge in [-0.05, 0) is 41.7 Å². The third kappa shape index (κ3) is 10.9. The van der Waals surface area contributed by atoms with Crippen LogP contribution < -0.4 is 16.0 Å². The number of hydrogen-bond acceptors (Lipinski definition) is 8. The van der Waals surface area contributed by atoms with Gasteiger partial charge in [0.05, 0.1) is 19.0 Å². The maximum absolute atomic E-state index is 12.6. The maximum Gasteiger partial charge on any atom is 0.495 e. The molecule has 0 bridgehead atoms. The smallest absolute Gasteiger partial charge is 0.370 e. The van der Waals surface area contributed by atoms with Crippen LogP contribution in [0.25, 0.3) is 11.1 Å². The number of anilines is 1. The van der Waals surface area contributed by atoms with E-state index in [9.17, 15) is 32.3 Å².